The molecule has 2 aromatic rings. The van der Waals surface area contributed by atoms with E-state index in [1.807, 2.05) is 12.1 Å². The smallest absolute Gasteiger partial charge is 0.180 e. The highest BCUT2D eigenvalue weighted by atomic mass is 79.9. The second kappa shape index (κ2) is 6.59. The highest BCUT2D eigenvalue weighted by Gasteiger charge is 2.17. The Morgan fingerprint density at radius 1 is 1.47 bits per heavy atom. The number of hydrogen-bond donors (Lipinski definition) is 0. The first-order chi connectivity index (χ1) is 9.11. The zero-order valence-electron chi connectivity index (χ0n) is 10.3. The number of carbonyl (C=O) groups is 1. The summed E-state index contributed by atoms with van der Waals surface area (Å²) in [5.41, 5.74) is 1.62. The summed E-state index contributed by atoms with van der Waals surface area (Å²) in [4.78, 5) is 12.9. The van der Waals surface area contributed by atoms with Crippen molar-refractivity contribution in [3.05, 3.63) is 43.8 Å². The number of hydrogen-bond acceptors (Lipinski definition) is 4. The molecule has 1 aromatic carbocycles. The van der Waals surface area contributed by atoms with Gasteiger partial charge in [-0.25, -0.2) is 0 Å². The van der Waals surface area contributed by atoms with Crippen molar-refractivity contribution in [1.82, 2.24) is 9.59 Å². The normalized spacial score (nSPS) is 10.7. The van der Waals surface area contributed by atoms with Crippen molar-refractivity contribution in [2.75, 3.05) is 0 Å². The molecule has 0 aliphatic rings. The summed E-state index contributed by atoms with van der Waals surface area (Å²) in [6.07, 6.45) is 2.02. The standard InChI is InChI=1S/C13H12BrClN2OS/c1-2-3-11-13(19-17-16-11)12(18)6-8-4-5-9(14)7-10(8)15/h4-5,7H,2-3,6H2,1H3. The van der Waals surface area contributed by atoms with E-state index in [4.69, 9.17) is 11.6 Å². The van der Waals surface area contributed by atoms with Crippen LogP contribution in [0, 0.1) is 0 Å². The molecule has 0 radical (unpaired) electrons. The minimum atomic E-state index is 0.0303. The molecule has 1 heterocycles. The number of benzene rings is 1. The number of aryl methyl sites for hydroxylation is 1. The molecule has 0 aliphatic carbocycles. The summed E-state index contributed by atoms with van der Waals surface area (Å²) in [7, 11) is 0. The molecule has 0 saturated heterocycles. The molecular formula is C13H12BrClN2OS. The van der Waals surface area contributed by atoms with Gasteiger partial charge in [0.25, 0.3) is 0 Å². The van der Waals surface area contributed by atoms with Gasteiger partial charge in [-0.05, 0) is 35.6 Å². The molecule has 1 aromatic heterocycles. The van der Waals surface area contributed by atoms with E-state index in [1.54, 1.807) is 6.07 Å². The van der Waals surface area contributed by atoms with Crippen LogP contribution in [-0.4, -0.2) is 15.4 Å². The van der Waals surface area contributed by atoms with Gasteiger partial charge in [-0.2, -0.15) is 0 Å². The summed E-state index contributed by atoms with van der Waals surface area (Å²) >= 11 is 10.6. The van der Waals surface area contributed by atoms with E-state index in [1.165, 1.54) is 0 Å². The molecule has 0 unspecified atom stereocenters. The molecule has 0 atom stereocenters. The van der Waals surface area contributed by atoms with E-state index in [9.17, 15) is 4.79 Å². The molecule has 0 amide bonds. The van der Waals surface area contributed by atoms with Crippen molar-refractivity contribution in [3.63, 3.8) is 0 Å². The van der Waals surface area contributed by atoms with Gasteiger partial charge in [0.2, 0.25) is 0 Å². The minimum Gasteiger partial charge on any atom is -0.293 e. The maximum Gasteiger partial charge on any atom is 0.180 e. The third-order valence-corrected chi connectivity index (χ3v) is 4.32. The Hall–Kier alpha value is -0.780. The van der Waals surface area contributed by atoms with Crippen LogP contribution in [0.2, 0.25) is 5.02 Å². The molecule has 6 heteroatoms. The fourth-order valence-corrected chi connectivity index (χ4v) is 3.12. The van der Waals surface area contributed by atoms with Gasteiger partial charge < -0.3 is 0 Å². The fourth-order valence-electron chi connectivity index (χ4n) is 1.74. The largest absolute Gasteiger partial charge is 0.293 e. The Morgan fingerprint density at radius 2 is 2.26 bits per heavy atom. The first kappa shape index (κ1) is 14.6. The lowest BCUT2D eigenvalue weighted by Gasteiger charge is -2.04. The highest BCUT2D eigenvalue weighted by Crippen LogP contribution is 2.24. The first-order valence-electron chi connectivity index (χ1n) is 5.90. The van der Waals surface area contributed by atoms with E-state index in [-0.39, 0.29) is 12.2 Å². The summed E-state index contributed by atoms with van der Waals surface area (Å²) < 4.78 is 4.77. The molecule has 0 N–H and O–H groups in total. The van der Waals surface area contributed by atoms with Crippen LogP contribution in [0.3, 0.4) is 0 Å². The summed E-state index contributed by atoms with van der Waals surface area (Å²) in [5, 5.41) is 4.61. The number of rotatable bonds is 5. The third-order valence-electron chi connectivity index (χ3n) is 2.66. The van der Waals surface area contributed by atoms with E-state index < -0.39 is 0 Å². The lowest BCUT2D eigenvalue weighted by molar-refractivity contribution is 0.0996. The Morgan fingerprint density at radius 3 is 2.95 bits per heavy atom. The molecule has 0 spiro atoms. The van der Waals surface area contributed by atoms with Gasteiger partial charge in [0.1, 0.15) is 4.88 Å². The zero-order valence-corrected chi connectivity index (χ0v) is 13.5. The first-order valence-corrected chi connectivity index (χ1v) is 7.84. The van der Waals surface area contributed by atoms with Crippen molar-refractivity contribution in [2.45, 2.75) is 26.2 Å². The lowest BCUT2D eigenvalue weighted by atomic mass is 10.1. The van der Waals surface area contributed by atoms with Crippen molar-refractivity contribution >= 4 is 44.8 Å². The number of aromatic nitrogens is 2. The van der Waals surface area contributed by atoms with Crippen molar-refractivity contribution < 1.29 is 4.79 Å². The molecule has 0 saturated carbocycles. The predicted molar refractivity (Wildman–Crippen MR) is 81.1 cm³/mol. The number of halogens is 2. The van der Waals surface area contributed by atoms with Crippen LogP contribution >= 0.6 is 39.1 Å². The van der Waals surface area contributed by atoms with Crippen LogP contribution in [0.4, 0.5) is 0 Å². The molecule has 3 nitrogen and oxygen atoms in total. The van der Waals surface area contributed by atoms with Crippen LogP contribution in [0.15, 0.2) is 22.7 Å². The number of nitrogens with zero attached hydrogens (tertiary/aromatic N) is 2. The van der Waals surface area contributed by atoms with Crippen LogP contribution in [0.5, 0.6) is 0 Å². The van der Waals surface area contributed by atoms with E-state index in [2.05, 4.69) is 32.4 Å². The van der Waals surface area contributed by atoms with E-state index in [0.717, 1.165) is 40.1 Å². The second-order valence-corrected chi connectivity index (χ2v) is 6.21. The summed E-state index contributed by atoms with van der Waals surface area (Å²) in [6, 6.07) is 5.53. The van der Waals surface area contributed by atoms with Crippen LogP contribution in [-0.2, 0) is 12.8 Å². The maximum absolute atomic E-state index is 12.3. The van der Waals surface area contributed by atoms with E-state index >= 15 is 0 Å². The van der Waals surface area contributed by atoms with Crippen molar-refractivity contribution in [2.24, 2.45) is 0 Å². The van der Waals surface area contributed by atoms with Gasteiger partial charge in [-0.1, -0.05) is 51.4 Å². The Bertz CT molecular complexity index is 600. The topological polar surface area (TPSA) is 42.9 Å². The average Bonchev–Trinajstić information content (AvgIpc) is 2.81. The van der Waals surface area contributed by atoms with Crippen LogP contribution in [0.1, 0.15) is 34.3 Å². The van der Waals surface area contributed by atoms with Crippen LogP contribution < -0.4 is 0 Å². The van der Waals surface area contributed by atoms with Gasteiger partial charge in [0.05, 0.1) is 5.69 Å². The maximum atomic E-state index is 12.3. The predicted octanol–water partition coefficient (Wildman–Crippen LogP) is 4.33. The van der Waals surface area contributed by atoms with Gasteiger partial charge in [-0.15, -0.1) is 5.10 Å². The van der Waals surface area contributed by atoms with Gasteiger partial charge in [0.15, 0.2) is 5.78 Å². The SMILES string of the molecule is CCCc1nnsc1C(=O)Cc1ccc(Br)cc1Cl. The summed E-state index contributed by atoms with van der Waals surface area (Å²) in [5.74, 6) is 0.0303. The molecule has 0 fully saturated rings. The minimum absolute atomic E-state index is 0.0303. The zero-order chi connectivity index (χ0) is 13.8. The quantitative estimate of drug-likeness (QED) is 0.746. The van der Waals surface area contributed by atoms with Gasteiger partial charge in [0, 0.05) is 15.9 Å². The van der Waals surface area contributed by atoms with E-state index in [0.29, 0.717) is 9.90 Å². The van der Waals surface area contributed by atoms with Gasteiger partial charge >= 0.3 is 0 Å². The molecule has 100 valence electrons. The fraction of sp³-hybridized carbons (Fsp3) is 0.308. The Balaban J connectivity index is 2.18. The van der Waals surface area contributed by atoms with Crippen molar-refractivity contribution in [1.29, 1.82) is 0 Å². The lowest BCUT2D eigenvalue weighted by Crippen LogP contribution is -2.05. The third kappa shape index (κ3) is 3.61. The molecular weight excluding hydrogens is 348 g/mol. The van der Waals surface area contributed by atoms with Crippen LogP contribution in [0.25, 0.3) is 0 Å². The molecule has 19 heavy (non-hydrogen) atoms. The average molecular weight is 360 g/mol. The highest BCUT2D eigenvalue weighted by molar-refractivity contribution is 9.10. The Kier molecular flexibility index (Phi) is 5.07. The number of ketones is 1. The monoisotopic (exact) mass is 358 g/mol. The second-order valence-electron chi connectivity index (χ2n) is 4.13. The van der Waals surface area contributed by atoms with Crippen molar-refractivity contribution in [3.8, 4) is 0 Å². The van der Waals surface area contributed by atoms with Gasteiger partial charge in [-0.3, -0.25) is 4.79 Å². The molecule has 2 rings (SSSR count). The number of Topliss-reactive ketones (excluding diaryl/α,β-unsaturated/α-hetero) is 1. The molecule has 0 aliphatic heterocycles. The Labute approximate surface area is 129 Å². The molecule has 0 bridgehead atoms. The number of carbonyl (C=O) groups excluding carboxylic acids is 1. The summed E-state index contributed by atoms with van der Waals surface area (Å²) in [6.45, 7) is 2.05.